The zero-order valence-corrected chi connectivity index (χ0v) is 8.37. The first-order chi connectivity index (χ1) is 4.68. The number of nitrogens with zero attached hydrogens (tertiary/aromatic N) is 2. The zero-order valence-electron chi connectivity index (χ0n) is 5.97. The first-order valence-corrected chi connectivity index (χ1v) is 4.73. The molecule has 0 saturated heterocycles. The molecule has 1 rings (SSSR count). The van der Waals surface area contributed by atoms with Gasteiger partial charge in [0.15, 0.2) is 0 Å². The molecule has 4 heteroatoms. The van der Waals surface area contributed by atoms with E-state index in [1.54, 1.807) is 0 Å². The van der Waals surface area contributed by atoms with E-state index in [0.717, 1.165) is 11.4 Å². The topological polar surface area (TPSA) is 25.8 Å². The highest BCUT2D eigenvalue weighted by Gasteiger charge is 2.02. The molecule has 1 heterocycles. The van der Waals surface area contributed by atoms with Gasteiger partial charge in [-0.25, -0.2) is 4.98 Å². The molecule has 0 aliphatic carbocycles. The second kappa shape index (κ2) is 3.44. The summed E-state index contributed by atoms with van der Waals surface area (Å²) in [6, 6.07) is 0. The molecule has 10 heavy (non-hydrogen) atoms. The Balaban J connectivity index is 2.58. The van der Waals surface area contributed by atoms with Crippen molar-refractivity contribution in [2.24, 2.45) is 5.92 Å². The van der Waals surface area contributed by atoms with Gasteiger partial charge in [0.1, 0.15) is 5.01 Å². The van der Waals surface area contributed by atoms with Gasteiger partial charge < -0.3 is 0 Å². The molecule has 0 amide bonds. The normalized spacial score (nSPS) is 10.8. The van der Waals surface area contributed by atoms with Crippen LogP contribution < -0.4 is 0 Å². The summed E-state index contributed by atoms with van der Waals surface area (Å²) < 4.78 is 4.73. The molecule has 0 spiro atoms. The molecule has 0 aliphatic rings. The van der Waals surface area contributed by atoms with Crippen molar-refractivity contribution >= 4 is 27.5 Å². The van der Waals surface area contributed by atoms with E-state index in [9.17, 15) is 0 Å². The predicted octanol–water partition coefficient (Wildman–Crippen LogP) is 2.50. The Bertz CT molecular complexity index is 209. The van der Waals surface area contributed by atoms with Crippen molar-refractivity contribution in [2.75, 3.05) is 0 Å². The Hall–Kier alpha value is 0.0400. The van der Waals surface area contributed by atoms with E-state index < -0.39 is 0 Å². The molecule has 0 N–H and O–H groups in total. The molecule has 1 aromatic heterocycles. The minimum Gasteiger partial charge on any atom is -0.214 e. The van der Waals surface area contributed by atoms with Crippen LogP contribution in [0.3, 0.4) is 0 Å². The summed E-state index contributed by atoms with van der Waals surface area (Å²) in [4.78, 5) is 4.17. The van der Waals surface area contributed by atoms with Crippen LogP contribution in [0.1, 0.15) is 18.9 Å². The van der Waals surface area contributed by atoms with Crippen LogP contribution in [0.2, 0.25) is 0 Å². The van der Waals surface area contributed by atoms with Crippen LogP contribution in [0.15, 0.2) is 4.73 Å². The highest BCUT2D eigenvalue weighted by atomic mass is 79.9. The summed E-state index contributed by atoms with van der Waals surface area (Å²) in [7, 11) is 0. The Kier molecular flexibility index (Phi) is 2.80. The highest BCUT2D eigenvalue weighted by molar-refractivity contribution is 9.10. The molecule has 0 saturated carbocycles. The van der Waals surface area contributed by atoms with Gasteiger partial charge in [-0.2, -0.15) is 4.37 Å². The molecule has 0 fully saturated rings. The summed E-state index contributed by atoms with van der Waals surface area (Å²) in [6.45, 7) is 4.35. The van der Waals surface area contributed by atoms with Crippen LogP contribution in [0.4, 0.5) is 0 Å². The van der Waals surface area contributed by atoms with Gasteiger partial charge in [0.05, 0.1) is 0 Å². The molecule has 56 valence electrons. The van der Waals surface area contributed by atoms with E-state index >= 15 is 0 Å². The molecule has 1 aromatic rings. The SMILES string of the molecule is CC(C)Cc1nc(Br)ns1. The lowest BCUT2D eigenvalue weighted by Crippen LogP contribution is -1.91. The maximum atomic E-state index is 4.17. The van der Waals surface area contributed by atoms with Gasteiger partial charge in [-0.05, 0) is 33.4 Å². The van der Waals surface area contributed by atoms with Crippen molar-refractivity contribution in [3.63, 3.8) is 0 Å². The summed E-state index contributed by atoms with van der Waals surface area (Å²) in [5, 5.41) is 1.11. The van der Waals surface area contributed by atoms with Gasteiger partial charge in [0.2, 0.25) is 4.73 Å². The van der Waals surface area contributed by atoms with Crippen molar-refractivity contribution in [3.8, 4) is 0 Å². The average Bonchev–Trinajstić information content (AvgIpc) is 2.13. The molecule has 0 unspecified atom stereocenters. The van der Waals surface area contributed by atoms with Crippen molar-refractivity contribution in [1.82, 2.24) is 9.36 Å². The average molecular weight is 221 g/mol. The number of hydrogen-bond acceptors (Lipinski definition) is 3. The standard InChI is InChI=1S/C6H9BrN2S/c1-4(2)3-5-8-6(7)9-10-5/h4H,3H2,1-2H3. The fourth-order valence-corrected chi connectivity index (χ4v) is 1.97. The third kappa shape index (κ3) is 2.34. The second-order valence-corrected chi connectivity index (χ2v) is 4.10. The van der Waals surface area contributed by atoms with Gasteiger partial charge in [-0.15, -0.1) is 0 Å². The molecular formula is C6H9BrN2S. The molecule has 0 bridgehead atoms. The molecular weight excluding hydrogens is 212 g/mol. The first kappa shape index (κ1) is 8.14. The van der Waals surface area contributed by atoms with Crippen LogP contribution in [0.25, 0.3) is 0 Å². The van der Waals surface area contributed by atoms with Gasteiger partial charge in [0.25, 0.3) is 0 Å². The fourth-order valence-electron chi connectivity index (χ4n) is 0.666. The molecule has 0 aromatic carbocycles. The van der Waals surface area contributed by atoms with Crippen molar-refractivity contribution in [1.29, 1.82) is 0 Å². The number of rotatable bonds is 2. The lowest BCUT2D eigenvalue weighted by atomic mass is 10.1. The first-order valence-electron chi connectivity index (χ1n) is 3.16. The number of hydrogen-bond donors (Lipinski definition) is 0. The highest BCUT2D eigenvalue weighted by Crippen LogP contribution is 2.13. The van der Waals surface area contributed by atoms with E-state index in [1.807, 2.05) is 0 Å². The molecule has 2 nitrogen and oxygen atoms in total. The second-order valence-electron chi connectivity index (χ2n) is 2.56. The van der Waals surface area contributed by atoms with E-state index in [2.05, 4.69) is 39.1 Å². The van der Waals surface area contributed by atoms with E-state index in [-0.39, 0.29) is 0 Å². The third-order valence-electron chi connectivity index (χ3n) is 1.03. The van der Waals surface area contributed by atoms with Gasteiger partial charge in [0, 0.05) is 6.42 Å². The Morgan fingerprint density at radius 2 is 2.30 bits per heavy atom. The van der Waals surface area contributed by atoms with E-state index in [0.29, 0.717) is 10.7 Å². The quantitative estimate of drug-likeness (QED) is 0.766. The van der Waals surface area contributed by atoms with E-state index in [4.69, 9.17) is 0 Å². The van der Waals surface area contributed by atoms with Crippen LogP contribution >= 0.6 is 27.5 Å². The number of aromatic nitrogens is 2. The van der Waals surface area contributed by atoms with Gasteiger partial charge in [-0.3, -0.25) is 0 Å². The summed E-state index contributed by atoms with van der Waals surface area (Å²) in [6.07, 6.45) is 1.03. The largest absolute Gasteiger partial charge is 0.214 e. The van der Waals surface area contributed by atoms with Gasteiger partial charge >= 0.3 is 0 Å². The number of halogens is 1. The third-order valence-corrected chi connectivity index (χ3v) is 2.35. The van der Waals surface area contributed by atoms with Crippen LogP contribution in [0, 0.1) is 5.92 Å². The van der Waals surface area contributed by atoms with Crippen LogP contribution in [-0.2, 0) is 6.42 Å². The maximum absolute atomic E-state index is 4.17. The molecule has 0 aliphatic heterocycles. The zero-order chi connectivity index (χ0) is 7.56. The lowest BCUT2D eigenvalue weighted by Gasteiger charge is -1.96. The van der Waals surface area contributed by atoms with Crippen molar-refractivity contribution < 1.29 is 0 Å². The lowest BCUT2D eigenvalue weighted by molar-refractivity contribution is 0.644. The minimum atomic E-state index is 0.667. The Labute approximate surface area is 73.0 Å². The fraction of sp³-hybridized carbons (Fsp3) is 0.667. The maximum Gasteiger partial charge on any atom is 0.209 e. The predicted molar refractivity (Wildman–Crippen MR) is 46.2 cm³/mol. The molecule has 0 radical (unpaired) electrons. The van der Waals surface area contributed by atoms with E-state index in [1.165, 1.54) is 11.5 Å². The van der Waals surface area contributed by atoms with Crippen molar-refractivity contribution in [2.45, 2.75) is 20.3 Å². The smallest absolute Gasteiger partial charge is 0.209 e. The summed E-state index contributed by atoms with van der Waals surface area (Å²) in [5.41, 5.74) is 0. The van der Waals surface area contributed by atoms with Crippen molar-refractivity contribution in [3.05, 3.63) is 9.74 Å². The van der Waals surface area contributed by atoms with Crippen LogP contribution in [-0.4, -0.2) is 9.36 Å². The van der Waals surface area contributed by atoms with Gasteiger partial charge in [-0.1, -0.05) is 13.8 Å². The Morgan fingerprint density at radius 3 is 2.70 bits per heavy atom. The monoisotopic (exact) mass is 220 g/mol. The molecule has 0 atom stereocenters. The minimum absolute atomic E-state index is 0.667. The summed E-state index contributed by atoms with van der Waals surface area (Å²) in [5.74, 6) is 0.667. The summed E-state index contributed by atoms with van der Waals surface area (Å²) >= 11 is 4.68. The Morgan fingerprint density at radius 1 is 1.60 bits per heavy atom. The van der Waals surface area contributed by atoms with Crippen LogP contribution in [0.5, 0.6) is 0 Å².